The van der Waals surface area contributed by atoms with Gasteiger partial charge in [-0.2, -0.15) is 0 Å². The Labute approximate surface area is 190 Å². The van der Waals surface area contributed by atoms with Crippen LogP contribution in [-0.4, -0.2) is 34.0 Å². The van der Waals surface area contributed by atoms with Gasteiger partial charge in [0.25, 0.3) is 0 Å². The van der Waals surface area contributed by atoms with Gasteiger partial charge in [0, 0.05) is 17.4 Å². The van der Waals surface area contributed by atoms with Crippen molar-refractivity contribution in [2.24, 2.45) is 16.7 Å². The van der Waals surface area contributed by atoms with E-state index in [-0.39, 0.29) is 27.0 Å². The number of hydrogen-bond acceptors (Lipinski definition) is 4. The Balaban J connectivity index is 1.77. The fourth-order valence-corrected chi connectivity index (χ4v) is 5.35. The lowest BCUT2D eigenvalue weighted by Crippen LogP contribution is -2.46. The molecule has 0 bridgehead atoms. The average molecular weight is 467 g/mol. The number of carboxylic acid groups (broad SMARTS) is 2. The second kappa shape index (κ2) is 7.52. The lowest BCUT2D eigenvalue weighted by Gasteiger charge is -2.34. The van der Waals surface area contributed by atoms with E-state index in [0.29, 0.717) is 18.8 Å². The molecule has 0 amide bonds. The smallest absolute Gasteiger partial charge is 0.346 e. The van der Waals surface area contributed by atoms with Gasteiger partial charge >= 0.3 is 11.9 Å². The highest BCUT2D eigenvalue weighted by molar-refractivity contribution is 6.44. The Kier molecular flexibility index (Phi) is 5.38. The molecule has 2 atom stereocenters. The van der Waals surface area contributed by atoms with Gasteiger partial charge in [0.05, 0.1) is 5.02 Å². The van der Waals surface area contributed by atoms with Crippen LogP contribution in [0.3, 0.4) is 0 Å². The van der Waals surface area contributed by atoms with Gasteiger partial charge < -0.3 is 14.9 Å². The number of rotatable bonds is 7. The van der Waals surface area contributed by atoms with Crippen molar-refractivity contribution in [3.8, 4) is 5.75 Å². The Hall–Kier alpha value is -2.05. The predicted molar refractivity (Wildman–Crippen MR) is 116 cm³/mol. The van der Waals surface area contributed by atoms with Crippen molar-refractivity contribution >= 4 is 46.5 Å². The van der Waals surface area contributed by atoms with E-state index in [0.717, 1.165) is 29.5 Å². The van der Waals surface area contributed by atoms with Crippen LogP contribution in [0.1, 0.15) is 57.1 Å². The molecular weight excluding hydrogens is 443 g/mol. The molecule has 0 aliphatic heterocycles. The molecule has 0 aromatic heterocycles. The summed E-state index contributed by atoms with van der Waals surface area (Å²) in [7, 11) is 0. The first-order chi connectivity index (χ1) is 14.5. The number of ketones is 1. The molecule has 8 heteroatoms. The summed E-state index contributed by atoms with van der Waals surface area (Å²) >= 11 is 13.1. The minimum absolute atomic E-state index is 0.0222. The third kappa shape index (κ3) is 3.74. The van der Waals surface area contributed by atoms with Crippen molar-refractivity contribution < 1.29 is 29.3 Å². The molecule has 1 aromatic carbocycles. The van der Waals surface area contributed by atoms with E-state index < -0.39 is 23.5 Å². The number of aliphatic carboxylic acids is 2. The van der Waals surface area contributed by atoms with Gasteiger partial charge in [-0.05, 0) is 62.3 Å². The van der Waals surface area contributed by atoms with E-state index in [1.807, 2.05) is 0 Å². The predicted octanol–water partition coefficient (Wildman–Crippen LogP) is 5.03. The third-order valence-electron chi connectivity index (χ3n) is 6.83. The maximum absolute atomic E-state index is 12.2. The monoisotopic (exact) mass is 466 g/mol. The molecule has 3 aliphatic carbocycles. The van der Waals surface area contributed by atoms with Crippen molar-refractivity contribution in [3.63, 3.8) is 0 Å². The number of fused-ring (bicyclic) bond motifs is 3. The molecule has 1 aromatic rings. The molecule has 166 valence electrons. The topological polar surface area (TPSA) is 101 Å². The summed E-state index contributed by atoms with van der Waals surface area (Å²) in [6, 6.07) is 1.66. The molecular formula is C23H24Cl2O6. The van der Waals surface area contributed by atoms with E-state index in [4.69, 9.17) is 27.9 Å². The molecule has 31 heavy (non-hydrogen) atoms. The van der Waals surface area contributed by atoms with Crippen LogP contribution in [0.5, 0.6) is 5.75 Å². The quantitative estimate of drug-likeness (QED) is 0.584. The number of benzene rings is 1. The molecule has 0 saturated heterocycles. The van der Waals surface area contributed by atoms with Gasteiger partial charge in [-0.15, -0.1) is 0 Å². The summed E-state index contributed by atoms with van der Waals surface area (Å²) in [4.78, 5) is 35.6. The first-order valence-corrected chi connectivity index (χ1v) is 11.1. The van der Waals surface area contributed by atoms with E-state index in [1.165, 1.54) is 26.7 Å². The second-order valence-electron chi connectivity index (χ2n) is 9.53. The Bertz CT molecular complexity index is 1020. The molecule has 0 spiro atoms. The van der Waals surface area contributed by atoms with Crippen LogP contribution in [0.4, 0.5) is 0 Å². The fraction of sp³-hybridized carbons (Fsp3) is 0.522. The highest BCUT2D eigenvalue weighted by atomic mass is 35.5. The molecule has 2 N–H and O–H groups in total. The lowest BCUT2D eigenvalue weighted by molar-refractivity contribution is -0.164. The number of hydrogen-bond donors (Lipinski definition) is 2. The van der Waals surface area contributed by atoms with Gasteiger partial charge in [0.1, 0.15) is 16.2 Å². The molecule has 6 nitrogen and oxygen atoms in total. The van der Waals surface area contributed by atoms with Crippen molar-refractivity contribution in [3.05, 3.63) is 33.3 Å². The summed E-state index contributed by atoms with van der Waals surface area (Å²) in [5.74, 6) is -1.97. The summed E-state index contributed by atoms with van der Waals surface area (Å²) in [6.07, 6.45) is 5.29. The average Bonchev–Trinajstić information content (AvgIpc) is 3.43. The molecule has 2 unspecified atom stereocenters. The number of halogens is 2. The third-order valence-corrected chi connectivity index (χ3v) is 7.68. The van der Waals surface area contributed by atoms with Crippen LogP contribution in [0, 0.1) is 16.7 Å². The van der Waals surface area contributed by atoms with E-state index >= 15 is 0 Å². The highest BCUT2D eigenvalue weighted by Gasteiger charge is 2.49. The van der Waals surface area contributed by atoms with Crippen LogP contribution >= 0.6 is 23.2 Å². The zero-order chi connectivity index (χ0) is 22.7. The molecule has 0 heterocycles. The molecule has 3 aliphatic rings. The van der Waals surface area contributed by atoms with Crippen LogP contribution in [0.15, 0.2) is 12.1 Å². The highest BCUT2D eigenvalue weighted by Crippen LogP contribution is 2.60. The molecule has 1 fully saturated rings. The number of carbonyl (C=O) groups excluding carboxylic acids is 1. The normalized spacial score (nSPS) is 23.6. The number of allylic oxidation sites excluding steroid dienone is 2. The maximum atomic E-state index is 12.2. The molecule has 1 saturated carbocycles. The van der Waals surface area contributed by atoms with E-state index in [2.05, 4.69) is 0 Å². The summed E-state index contributed by atoms with van der Waals surface area (Å²) in [5, 5.41) is 19.3. The summed E-state index contributed by atoms with van der Waals surface area (Å²) in [6.45, 7) is 2.57. The van der Waals surface area contributed by atoms with Crippen LogP contribution in [-0.2, 0) is 20.8 Å². The first kappa shape index (κ1) is 22.2. The minimum Gasteiger partial charge on any atom is -0.481 e. The SMILES string of the molecule is CC(C)(C(=O)O)C(Oc1cc2c(c(Cl)c1Cl)C1=CC(=O)CCC1(CC1CC1)C2)C(=O)O. The van der Waals surface area contributed by atoms with Gasteiger partial charge in [-0.25, -0.2) is 4.79 Å². The minimum atomic E-state index is -1.70. The van der Waals surface area contributed by atoms with Crippen molar-refractivity contribution in [2.45, 2.75) is 58.5 Å². The largest absolute Gasteiger partial charge is 0.481 e. The zero-order valence-corrected chi connectivity index (χ0v) is 18.8. The lowest BCUT2D eigenvalue weighted by atomic mass is 9.69. The number of carboxylic acids is 2. The van der Waals surface area contributed by atoms with Gasteiger partial charge in [-0.3, -0.25) is 9.59 Å². The summed E-state index contributed by atoms with van der Waals surface area (Å²) < 4.78 is 5.66. The number of ether oxygens (including phenoxy) is 1. The van der Waals surface area contributed by atoms with E-state index in [1.54, 1.807) is 12.1 Å². The second-order valence-corrected chi connectivity index (χ2v) is 10.3. The maximum Gasteiger partial charge on any atom is 0.346 e. The first-order valence-electron chi connectivity index (χ1n) is 10.4. The molecule has 0 radical (unpaired) electrons. The van der Waals surface area contributed by atoms with Gasteiger partial charge in [-0.1, -0.05) is 36.0 Å². The van der Waals surface area contributed by atoms with Crippen LogP contribution in [0.25, 0.3) is 5.57 Å². The Morgan fingerprint density at radius 3 is 2.52 bits per heavy atom. The molecule has 4 rings (SSSR count). The van der Waals surface area contributed by atoms with E-state index in [9.17, 15) is 24.6 Å². The van der Waals surface area contributed by atoms with Crippen molar-refractivity contribution in [1.82, 2.24) is 0 Å². The van der Waals surface area contributed by atoms with Crippen molar-refractivity contribution in [1.29, 1.82) is 0 Å². The summed E-state index contributed by atoms with van der Waals surface area (Å²) in [5.41, 5.74) is 0.636. The standard InChI is InChI=1S/C23H24Cl2O6/c1-22(2,21(29)30)19(20(27)28)31-15-7-12-10-23(9-11-3-4-11)6-5-13(26)8-14(23)16(12)18(25)17(15)24/h7-8,11,19H,3-6,9-10H2,1-2H3,(H,27,28)(H,29,30). The van der Waals surface area contributed by atoms with Crippen molar-refractivity contribution in [2.75, 3.05) is 0 Å². The van der Waals surface area contributed by atoms with Gasteiger partial charge in [0.15, 0.2) is 5.78 Å². The number of carbonyl (C=O) groups is 3. The van der Waals surface area contributed by atoms with Crippen LogP contribution in [0.2, 0.25) is 10.0 Å². The Morgan fingerprint density at radius 2 is 1.94 bits per heavy atom. The fourth-order valence-electron chi connectivity index (χ4n) is 4.84. The van der Waals surface area contributed by atoms with Gasteiger partial charge in [0.2, 0.25) is 6.10 Å². The Morgan fingerprint density at radius 1 is 1.26 bits per heavy atom. The zero-order valence-electron chi connectivity index (χ0n) is 17.3. The van der Waals surface area contributed by atoms with Crippen LogP contribution < -0.4 is 4.74 Å².